The van der Waals surface area contributed by atoms with Gasteiger partial charge in [0.15, 0.2) is 15.9 Å². The van der Waals surface area contributed by atoms with Crippen LogP contribution in [0.1, 0.15) is 27.6 Å². The van der Waals surface area contributed by atoms with Crippen LogP contribution in [0.3, 0.4) is 0 Å². The molecule has 26 heavy (non-hydrogen) atoms. The van der Waals surface area contributed by atoms with Crippen LogP contribution in [0.2, 0.25) is 0 Å². The minimum Gasteiger partial charge on any atom is -0.449 e. The third-order valence-electron chi connectivity index (χ3n) is 3.33. The Bertz CT molecular complexity index is 965. The van der Waals surface area contributed by atoms with Crippen LogP contribution in [0.4, 0.5) is 5.00 Å². The first-order valence-electron chi connectivity index (χ1n) is 7.29. The summed E-state index contributed by atoms with van der Waals surface area (Å²) in [6, 6.07) is 7.00. The van der Waals surface area contributed by atoms with Crippen molar-refractivity contribution in [1.82, 2.24) is 0 Å². The molecule has 0 bridgehead atoms. The van der Waals surface area contributed by atoms with E-state index in [2.05, 4.69) is 5.32 Å². The van der Waals surface area contributed by atoms with Crippen LogP contribution in [0.5, 0.6) is 0 Å². The lowest BCUT2D eigenvalue weighted by Gasteiger charge is -2.14. The summed E-state index contributed by atoms with van der Waals surface area (Å²) in [6.07, 6.45) is -0.254. The monoisotopic (exact) mass is 396 g/mol. The van der Waals surface area contributed by atoms with Crippen molar-refractivity contribution in [2.75, 3.05) is 11.6 Å². The zero-order chi connectivity index (χ0) is 19.5. The Morgan fingerprint density at radius 1 is 1.15 bits per heavy atom. The molecular weight excluding hydrogens is 380 g/mol. The summed E-state index contributed by atoms with van der Waals surface area (Å²) in [5.74, 6) is -2.33. The number of carbonyl (C=O) groups excluding carboxylic acids is 3. The second-order valence-electron chi connectivity index (χ2n) is 5.33. The number of hydrogen-bond donors (Lipinski definition) is 2. The number of carbonyl (C=O) groups is 3. The molecule has 8 nitrogen and oxygen atoms in total. The van der Waals surface area contributed by atoms with Gasteiger partial charge in [-0.15, -0.1) is 11.3 Å². The van der Waals surface area contributed by atoms with Gasteiger partial charge in [-0.2, -0.15) is 0 Å². The molecule has 0 fully saturated rings. The molecule has 10 heteroatoms. The zero-order valence-corrected chi connectivity index (χ0v) is 15.5. The highest BCUT2D eigenvalue weighted by Gasteiger charge is 2.24. The van der Waals surface area contributed by atoms with Gasteiger partial charge in [0.2, 0.25) is 0 Å². The number of thiophene rings is 1. The second-order valence-corrected chi connectivity index (χ2v) is 8.23. The maximum Gasteiger partial charge on any atom is 0.340 e. The van der Waals surface area contributed by atoms with Crippen molar-refractivity contribution in [2.24, 2.45) is 5.73 Å². The number of anilines is 1. The third kappa shape index (κ3) is 4.46. The Hall–Kier alpha value is -2.72. The molecule has 138 valence electrons. The molecule has 1 aromatic carbocycles. The minimum absolute atomic E-state index is 0.143. The van der Waals surface area contributed by atoms with E-state index in [1.165, 1.54) is 37.3 Å². The molecule has 0 spiro atoms. The fraction of sp³-hybridized carbons (Fsp3) is 0.188. The molecule has 0 aliphatic rings. The lowest BCUT2D eigenvalue weighted by Crippen LogP contribution is -2.30. The highest BCUT2D eigenvalue weighted by atomic mass is 32.2. The number of ether oxygens (including phenoxy) is 1. The van der Waals surface area contributed by atoms with Gasteiger partial charge in [-0.3, -0.25) is 9.59 Å². The lowest BCUT2D eigenvalue weighted by molar-refractivity contribution is -0.123. The number of amides is 2. The van der Waals surface area contributed by atoms with E-state index in [0.717, 1.165) is 17.6 Å². The van der Waals surface area contributed by atoms with Gasteiger partial charge in [-0.05, 0) is 30.5 Å². The molecule has 0 saturated carbocycles. The van der Waals surface area contributed by atoms with Crippen molar-refractivity contribution in [3.05, 3.63) is 46.8 Å². The third-order valence-corrected chi connectivity index (χ3v) is 5.31. The summed E-state index contributed by atoms with van der Waals surface area (Å²) < 4.78 is 28.6. The second kappa shape index (κ2) is 7.67. The van der Waals surface area contributed by atoms with Crippen molar-refractivity contribution in [1.29, 1.82) is 0 Å². The number of esters is 1. The van der Waals surface area contributed by atoms with Crippen LogP contribution in [-0.2, 0) is 19.4 Å². The Morgan fingerprint density at radius 3 is 2.42 bits per heavy atom. The van der Waals surface area contributed by atoms with Gasteiger partial charge < -0.3 is 15.8 Å². The average molecular weight is 396 g/mol. The molecule has 0 aliphatic heterocycles. The molecule has 1 unspecified atom stereocenters. The lowest BCUT2D eigenvalue weighted by atomic mass is 10.2. The van der Waals surface area contributed by atoms with Crippen molar-refractivity contribution < 1.29 is 27.5 Å². The van der Waals surface area contributed by atoms with E-state index in [-0.39, 0.29) is 21.0 Å². The predicted molar refractivity (Wildman–Crippen MR) is 95.9 cm³/mol. The first-order valence-corrected chi connectivity index (χ1v) is 10.1. The topological polar surface area (TPSA) is 133 Å². The smallest absolute Gasteiger partial charge is 0.340 e. The number of sulfone groups is 1. The highest BCUT2D eigenvalue weighted by Crippen LogP contribution is 2.23. The average Bonchev–Trinajstić information content (AvgIpc) is 3.02. The van der Waals surface area contributed by atoms with Gasteiger partial charge in [-0.25, -0.2) is 13.2 Å². The van der Waals surface area contributed by atoms with Crippen molar-refractivity contribution in [3.63, 3.8) is 0 Å². The zero-order valence-electron chi connectivity index (χ0n) is 13.9. The van der Waals surface area contributed by atoms with Gasteiger partial charge >= 0.3 is 5.97 Å². The molecule has 0 radical (unpaired) electrons. The first-order chi connectivity index (χ1) is 12.1. The maximum absolute atomic E-state index is 12.3. The highest BCUT2D eigenvalue weighted by molar-refractivity contribution is 7.90. The number of nitrogens with two attached hydrogens (primary N) is 1. The fourth-order valence-electron chi connectivity index (χ4n) is 2.05. The van der Waals surface area contributed by atoms with Gasteiger partial charge in [0.1, 0.15) is 5.00 Å². The summed E-state index contributed by atoms with van der Waals surface area (Å²) in [7, 11) is -3.64. The van der Waals surface area contributed by atoms with Gasteiger partial charge in [0.25, 0.3) is 11.8 Å². The van der Waals surface area contributed by atoms with Gasteiger partial charge in [0.05, 0.1) is 16.0 Å². The molecule has 2 amide bonds. The molecule has 0 aliphatic carbocycles. The summed E-state index contributed by atoms with van der Waals surface area (Å²) in [6.45, 7) is 1.33. The maximum atomic E-state index is 12.3. The van der Waals surface area contributed by atoms with E-state index in [1.54, 1.807) is 5.38 Å². The Labute approximate surface area is 153 Å². The summed E-state index contributed by atoms with van der Waals surface area (Å²) in [4.78, 5) is 35.5. The molecule has 0 saturated heterocycles. The van der Waals surface area contributed by atoms with Crippen LogP contribution >= 0.6 is 11.3 Å². The molecule has 3 N–H and O–H groups in total. The first kappa shape index (κ1) is 19.6. The normalized spacial score (nSPS) is 12.2. The fourth-order valence-corrected chi connectivity index (χ4v) is 3.72. The molecule has 1 aromatic heterocycles. The predicted octanol–water partition coefficient (Wildman–Crippen LogP) is 1.43. The quantitative estimate of drug-likeness (QED) is 0.710. The van der Waals surface area contributed by atoms with E-state index < -0.39 is 33.7 Å². The van der Waals surface area contributed by atoms with E-state index in [1.807, 2.05) is 0 Å². The van der Waals surface area contributed by atoms with Crippen LogP contribution in [0.15, 0.2) is 40.6 Å². The van der Waals surface area contributed by atoms with Crippen LogP contribution in [0, 0.1) is 0 Å². The Balaban J connectivity index is 2.14. The Kier molecular flexibility index (Phi) is 5.78. The minimum atomic E-state index is -3.64. The molecule has 2 rings (SSSR count). The number of nitrogens with one attached hydrogen (secondary N) is 1. The van der Waals surface area contributed by atoms with Crippen LogP contribution < -0.4 is 11.1 Å². The van der Waals surface area contributed by atoms with Crippen molar-refractivity contribution in [3.8, 4) is 0 Å². The Morgan fingerprint density at radius 2 is 1.81 bits per heavy atom. The van der Waals surface area contributed by atoms with Crippen molar-refractivity contribution >= 4 is 44.0 Å². The molecule has 1 heterocycles. The molecule has 2 aromatic rings. The summed E-state index contributed by atoms with van der Waals surface area (Å²) in [5, 5.41) is 4.27. The molecule has 1 atom stereocenters. The largest absolute Gasteiger partial charge is 0.449 e. The van der Waals surface area contributed by atoms with E-state index in [4.69, 9.17) is 10.5 Å². The van der Waals surface area contributed by atoms with Gasteiger partial charge in [0, 0.05) is 6.26 Å². The standard InChI is InChI=1S/C16H16N2O6S2/c1-9(14(20)18-15-11(13(17)19)7-8-25-15)24-16(21)10-5-3-4-6-12(10)26(2,22)23/h3-9H,1-2H3,(H2,17,19)(H,18,20). The van der Waals surface area contributed by atoms with E-state index >= 15 is 0 Å². The summed E-state index contributed by atoms with van der Waals surface area (Å²) in [5.41, 5.74) is 5.18. The van der Waals surface area contributed by atoms with Crippen molar-refractivity contribution in [2.45, 2.75) is 17.9 Å². The van der Waals surface area contributed by atoms with Crippen LogP contribution in [-0.4, -0.2) is 38.6 Å². The number of benzene rings is 1. The van der Waals surface area contributed by atoms with Crippen LogP contribution in [0.25, 0.3) is 0 Å². The van der Waals surface area contributed by atoms with E-state index in [9.17, 15) is 22.8 Å². The molecular formula is C16H16N2O6S2. The number of rotatable bonds is 6. The van der Waals surface area contributed by atoms with Gasteiger partial charge in [-0.1, -0.05) is 12.1 Å². The van der Waals surface area contributed by atoms with E-state index in [0.29, 0.717) is 0 Å². The number of primary amides is 1. The SMILES string of the molecule is CC(OC(=O)c1ccccc1S(C)(=O)=O)C(=O)Nc1sccc1C(N)=O. The number of hydrogen-bond acceptors (Lipinski definition) is 7. The summed E-state index contributed by atoms with van der Waals surface area (Å²) >= 11 is 1.09.